The monoisotopic (exact) mass is 365 g/mol. The fourth-order valence-electron chi connectivity index (χ4n) is 2.00. The molecular weight excluding hydrogens is 342 g/mol. The highest BCUT2D eigenvalue weighted by Crippen LogP contribution is 2.20. The first-order valence-corrected chi connectivity index (χ1v) is 9.22. The van der Waals surface area contributed by atoms with Gasteiger partial charge < -0.3 is 14.8 Å². The fourth-order valence-corrected chi connectivity index (χ4v) is 2.64. The van der Waals surface area contributed by atoms with Gasteiger partial charge >= 0.3 is 5.24 Å². The van der Waals surface area contributed by atoms with Gasteiger partial charge in [-0.15, -0.1) is 5.10 Å². The van der Waals surface area contributed by atoms with Crippen LogP contribution >= 0.6 is 11.8 Å². The zero-order valence-corrected chi connectivity index (χ0v) is 15.3. The molecule has 1 N–H and O–H groups in total. The largest absolute Gasteiger partial charge is 0.452 e. The number of nitrogens with zero attached hydrogens (tertiary/aromatic N) is 2. The minimum Gasteiger partial charge on any atom is -0.452 e. The molecule has 0 unspecified atom stereocenters. The van der Waals surface area contributed by atoms with Crippen LogP contribution in [0.2, 0.25) is 0 Å². The number of benzene rings is 1. The zero-order chi connectivity index (χ0) is 18.1. The number of hydrogen-bond acceptors (Lipinski definition) is 6. The van der Waals surface area contributed by atoms with Gasteiger partial charge in [0, 0.05) is 12.1 Å². The molecule has 0 saturated carbocycles. The van der Waals surface area contributed by atoms with Crippen LogP contribution in [0.15, 0.2) is 29.4 Å². The maximum atomic E-state index is 12.0. The first-order valence-electron chi connectivity index (χ1n) is 8.23. The summed E-state index contributed by atoms with van der Waals surface area (Å²) in [4.78, 5) is 23.4. The number of carbonyl (C=O) groups excluding carboxylic acids is 2. The Bertz CT molecular complexity index is 619. The summed E-state index contributed by atoms with van der Waals surface area (Å²) in [6.07, 6.45) is 1.35. The SMILES string of the molecule is CCCOCOC1=NN(Cc2ccc(NC(=O)CC)cc2)C(=O)SC1. The van der Waals surface area contributed by atoms with E-state index in [1.165, 1.54) is 5.01 Å². The molecule has 0 aliphatic carbocycles. The molecule has 1 aromatic carbocycles. The van der Waals surface area contributed by atoms with E-state index in [1.54, 1.807) is 6.92 Å². The minimum absolute atomic E-state index is 0.0351. The Hall–Kier alpha value is -2.06. The van der Waals surface area contributed by atoms with Crippen molar-refractivity contribution in [2.24, 2.45) is 5.10 Å². The van der Waals surface area contributed by atoms with Gasteiger partial charge in [0.25, 0.3) is 0 Å². The lowest BCUT2D eigenvalue weighted by Crippen LogP contribution is -2.30. The normalized spacial score (nSPS) is 14.2. The number of carbonyl (C=O) groups is 2. The van der Waals surface area contributed by atoms with Crippen molar-refractivity contribution >= 4 is 34.5 Å². The van der Waals surface area contributed by atoms with Crippen LogP contribution in [0.3, 0.4) is 0 Å². The van der Waals surface area contributed by atoms with Crippen molar-refractivity contribution < 1.29 is 19.1 Å². The molecule has 0 bridgehead atoms. The molecule has 136 valence electrons. The number of ether oxygens (including phenoxy) is 2. The number of hydrogen-bond donors (Lipinski definition) is 1. The predicted molar refractivity (Wildman–Crippen MR) is 98.4 cm³/mol. The molecule has 0 radical (unpaired) electrons. The van der Waals surface area contributed by atoms with Crippen molar-refractivity contribution in [3.8, 4) is 0 Å². The van der Waals surface area contributed by atoms with Gasteiger partial charge in [0.2, 0.25) is 11.8 Å². The lowest BCUT2D eigenvalue weighted by molar-refractivity contribution is -0.115. The smallest absolute Gasteiger partial charge is 0.302 e. The molecular formula is C17H23N3O4S. The lowest BCUT2D eigenvalue weighted by Gasteiger charge is -2.22. The van der Waals surface area contributed by atoms with E-state index >= 15 is 0 Å². The molecule has 0 saturated heterocycles. The maximum absolute atomic E-state index is 12.0. The van der Waals surface area contributed by atoms with E-state index in [0.717, 1.165) is 29.4 Å². The highest BCUT2D eigenvalue weighted by molar-refractivity contribution is 8.14. The van der Waals surface area contributed by atoms with Crippen LogP contribution in [0.1, 0.15) is 32.3 Å². The molecule has 2 rings (SSSR count). The first kappa shape index (κ1) is 19.3. The van der Waals surface area contributed by atoms with Gasteiger partial charge in [-0.25, -0.2) is 5.01 Å². The van der Waals surface area contributed by atoms with Crippen molar-refractivity contribution in [3.05, 3.63) is 29.8 Å². The fraction of sp³-hybridized carbons (Fsp3) is 0.471. The number of rotatable bonds is 8. The summed E-state index contributed by atoms with van der Waals surface area (Å²) in [5.41, 5.74) is 1.64. The molecule has 25 heavy (non-hydrogen) atoms. The summed E-state index contributed by atoms with van der Waals surface area (Å²) in [5, 5.41) is 8.29. The second-order valence-corrected chi connectivity index (χ2v) is 6.30. The Labute approximate surface area is 151 Å². The Morgan fingerprint density at radius 1 is 1.32 bits per heavy atom. The third-order valence-electron chi connectivity index (χ3n) is 3.31. The molecule has 1 aromatic rings. The molecule has 1 aliphatic rings. The van der Waals surface area contributed by atoms with Crippen molar-refractivity contribution in [3.63, 3.8) is 0 Å². The van der Waals surface area contributed by atoms with Gasteiger partial charge in [0.15, 0.2) is 6.79 Å². The summed E-state index contributed by atoms with van der Waals surface area (Å²) in [6, 6.07) is 7.34. The number of hydrazone groups is 1. The Morgan fingerprint density at radius 3 is 2.76 bits per heavy atom. The van der Waals surface area contributed by atoms with E-state index in [0.29, 0.717) is 31.2 Å². The summed E-state index contributed by atoms with van der Waals surface area (Å²) < 4.78 is 10.7. The summed E-state index contributed by atoms with van der Waals surface area (Å²) in [5.74, 6) is 0.854. The highest BCUT2D eigenvalue weighted by Gasteiger charge is 2.22. The van der Waals surface area contributed by atoms with E-state index < -0.39 is 0 Å². The van der Waals surface area contributed by atoms with Crippen molar-refractivity contribution in [2.45, 2.75) is 33.2 Å². The Balaban J connectivity index is 1.92. The average molecular weight is 365 g/mol. The maximum Gasteiger partial charge on any atom is 0.302 e. The number of thioether (sulfide) groups is 1. The number of amides is 2. The molecule has 0 atom stereocenters. The molecule has 1 aliphatic heterocycles. The second-order valence-electron chi connectivity index (χ2n) is 5.38. The highest BCUT2D eigenvalue weighted by atomic mass is 32.2. The predicted octanol–water partition coefficient (Wildman–Crippen LogP) is 3.42. The van der Waals surface area contributed by atoms with E-state index in [4.69, 9.17) is 9.47 Å². The lowest BCUT2D eigenvalue weighted by atomic mass is 10.2. The van der Waals surface area contributed by atoms with Gasteiger partial charge in [-0.2, -0.15) is 0 Å². The Kier molecular flexibility index (Phi) is 7.75. The van der Waals surface area contributed by atoms with Crippen LogP contribution < -0.4 is 5.32 Å². The van der Waals surface area contributed by atoms with Gasteiger partial charge in [-0.1, -0.05) is 37.7 Å². The van der Waals surface area contributed by atoms with Crippen LogP contribution in [0.5, 0.6) is 0 Å². The van der Waals surface area contributed by atoms with Crippen LogP contribution in [-0.4, -0.2) is 41.2 Å². The molecule has 7 nitrogen and oxygen atoms in total. The van der Waals surface area contributed by atoms with Crippen LogP contribution in [0.25, 0.3) is 0 Å². The average Bonchev–Trinajstić information content (AvgIpc) is 2.63. The number of anilines is 1. The first-order chi connectivity index (χ1) is 12.1. The van der Waals surface area contributed by atoms with Crippen LogP contribution in [0, 0.1) is 0 Å². The third kappa shape index (κ3) is 6.39. The Morgan fingerprint density at radius 2 is 2.08 bits per heavy atom. The third-order valence-corrected chi connectivity index (χ3v) is 4.16. The molecule has 8 heteroatoms. The van der Waals surface area contributed by atoms with Crippen molar-refractivity contribution in [2.75, 3.05) is 24.5 Å². The summed E-state index contributed by atoms with van der Waals surface area (Å²) in [7, 11) is 0. The standard InChI is InChI=1S/C17H23N3O4S/c1-3-9-23-12-24-16-11-25-17(22)20(19-16)10-13-5-7-14(8-6-13)18-15(21)4-2/h5-8H,3-4,9-12H2,1-2H3,(H,18,21). The second kappa shape index (κ2) is 10.0. The van der Waals surface area contributed by atoms with E-state index in [1.807, 2.05) is 31.2 Å². The van der Waals surface area contributed by atoms with Gasteiger partial charge in [-0.3, -0.25) is 9.59 Å². The molecule has 1 heterocycles. The van der Waals surface area contributed by atoms with Crippen molar-refractivity contribution in [1.29, 1.82) is 0 Å². The van der Waals surface area contributed by atoms with Gasteiger partial charge in [-0.05, 0) is 24.1 Å². The van der Waals surface area contributed by atoms with Crippen LogP contribution in [0.4, 0.5) is 10.5 Å². The van der Waals surface area contributed by atoms with Crippen molar-refractivity contribution in [1.82, 2.24) is 5.01 Å². The quantitative estimate of drug-likeness (QED) is 0.564. The van der Waals surface area contributed by atoms with E-state index in [2.05, 4.69) is 10.4 Å². The molecule has 0 spiro atoms. The summed E-state index contributed by atoms with van der Waals surface area (Å²) in [6.45, 7) is 4.93. The van der Waals surface area contributed by atoms with Gasteiger partial charge in [0.1, 0.15) is 0 Å². The van der Waals surface area contributed by atoms with E-state index in [9.17, 15) is 9.59 Å². The topological polar surface area (TPSA) is 80.2 Å². The van der Waals surface area contributed by atoms with Crippen LogP contribution in [-0.2, 0) is 20.8 Å². The molecule has 0 fully saturated rings. The zero-order valence-electron chi connectivity index (χ0n) is 14.5. The number of nitrogens with one attached hydrogen (secondary N) is 1. The molecule has 2 amide bonds. The van der Waals surface area contributed by atoms with Gasteiger partial charge in [0.05, 0.1) is 18.9 Å². The minimum atomic E-state index is -0.120. The van der Waals surface area contributed by atoms with E-state index in [-0.39, 0.29) is 17.9 Å². The summed E-state index contributed by atoms with van der Waals surface area (Å²) >= 11 is 1.15. The molecule has 0 aromatic heterocycles.